The van der Waals surface area contributed by atoms with Crippen LogP contribution in [0.2, 0.25) is 0 Å². The second-order valence-electron chi connectivity index (χ2n) is 4.03. The number of rotatable bonds is 4. The maximum absolute atomic E-state index is 5.70. The van der Waals surface area contributed by atoms with E-state index in [2.05, 4.69) is 19.2 Å². The van der Waals surface area contributed by atoms with E-state index in [1.165, 1.54) is 0 Å². The fourth-order valence-corrected chi connectivity index (χ4v) is 1.98. The lowest BCUT2D eigenvalue weighted by Crippen LogP contribution is -2.46. The topological polar surface area (TPSA) is 21.3 Å². The lowest BCUT2D eigenvalue weighted by molar-refractivity contribution is 0.183. The Morgan fingerprint density at radius 2 is 2.33 bits per heavy atom. The van der Waals surface area contributed by atoms with Gasteiger partial charge in [-0.15, -0.1) is 11.6 Å². The van der Waals surface area contributed by atoms with Crippen molar-refractivity contribution < 1.29 is 4.74 Å². The molecule has 0 amide bonds. The zero-order chi connectivity index (χ0) is 9.03. The van der Waals surface area contributed by atoms with Crippen LogP contribution in [0.3, 0.4) is 0 Å². The number of halogens is 1. The molecule has 1 saturated heterocycles. The molecule has 1 rings (SSSR count). The Kier molecular flexibility index (Phi) is 3.81. The highest BCUT2D eigenvalue weighted by Crippen LogP contribution is 2.14. The number of ether oxygens (including phenoxy) is 1. The summed E-state index contributed by atoms with van der Waals surface area (Å²) in [6.45, 7) is 6.13. The molecule has 12 heavy (non-hydrogen) atoms. The molecule has 0 saturated carbocycles. The third-order valence-corrected chi connectivity index (χ3v) is 2.43. The van der Waals surface area contributed by atoms with E-state index in [0.29, 0.717) is 11.9 Å². The minimum absolute atomic E-state index is 0.153. The minimum Gasteiger partial charge on any atom is -0.380 e. The van der Waals surface area contributed by atoms with Crippen LogP contribution in [0.5, 0.6) is 0 Å². The van der Waals surface area contributed by atoms with Crippen molar-refractivity contribution in [2.24, 2.45) is 0 Å². The summed E-state index contributed by atoms with van der Waals surface area (Å²) in [7, 11) is 0. The first-order valence-corrected chi connectivity index (χ1v) is 5.09. The maximum atomic E-state index is 5.70. The largest absolute Gasteiger partial charge is 0.380 e. The molecule has 3 heteroatoms. The van der Waals surface area contributed by atoms with Gasteiger partial charge in [-0.3, -0.25) is 0 Å². The average Bonchev–Trinajstić information content (AvgIpc) is 2.38. The molecule has 1 fully saturated rings. The van der Waals surface area contributed by atoms with Crippen molar-refractivity contribution in [2.45, 2.75) is 38.3 Å². The molecule has 0 aromatic carbocycles. The summed E-state index contributed by atoms with van der Waals surface area (Å²) in [6.07, 6.45) is 2.14. The molecule has 0 spiro atoms. The summed E-state index contributed by atoms with van der Waals surface area (Å²) in [4.78, 5) is 0. The fraction of sp³-hybridized carbons (Fsp3) is 1.00. The molecule has 1 unspecified atom stereocenters. The summed E-state index contributed by atoms with van der Waals surface area (Å²) in [6, 6.07) is 0.531. The average molecular weight is 192 g/mol. The van der Waals surface area contributed by atoms with Gasteiger partial charge in [0.25, 0.3) is 0 Å². The molecule has 2 nitrogen and oxygen atoms in total. The molecule has 0 aromatic rings. The van der Waals surface area contributed by atoms with E-state index in [1.54, 1.807) is 0 Å². The second kappa shape index (κ2) is 4.45. The number of nitrogens with one attached hydrogen (secondary N) is 1. The lowest BCUT2D eigenvalue weighted by atomic mass is 10.0. The van der Waals surface area contributed by atoms with E-state index < -0.39 is 0 Å². The zero-order valence-corrected chi connectivity index (χ0v) is 8.66. The molecular formula is C9H18ClNO. The smallest absolute Gasteiger partial charge is 0.0620 e. The van der Waals surface area contributed by atoms with Crippen molar-refractivity contribution in [1.29, 1.82) is 0 Å². The van der Waals surface area contributed by atoms with Crippen molar-refractivity contribution in [3.63, 3.8) is 0 Å². The van der Waals surface area contributed by atoms with E-state index in [4.69, 9.17) is 16.3 Å². The van der Waals surface area contributed by atoms with Gasteiger partial charge in [-0.25, -0.2) is 0 Å². The van der Waals surface area contributed by atoms with Gasteiger partial charge in [-0.1, -0.05) is 0 Å². The fourth-order valence-electron chi connectivity index (χ4n) is 1.51. The van der Waals surface area contributed by atoms with E-state index in [0.717, 1.165) is 26.1 Å². The first-order valence-electron chi connectivity index (χ1n) is 4.55. The summed E-state index contributed by atoms with van der Waals surface area (Å²) < 4.78 is 5.29. The molecule has 1 N–H and O–H groups in total. The van der Waals surface area contributed by atoms with Gasteiger partial charge < -0.3 is 10.1 Å². The van der Waals surface area contributed by atoms with Crippen LogP contribution >= 0.6 is 11.6 Å². The van der Waals surface area contributed by atoms with Crippen LogP contribution in [0.15, 0.2) is 0 Å². The Bertz CT molecular complexity index is 132. The van der Waals surface area contributed by atoms with Crippen LogP contribution < -0.4 is 5.32 Å². The SMILES string of the molecule is CC(C)(CCCl)NC1CCOC1. The van der Waals surface area contributed by atoms with Crippen LogP contribution in [0, 0.1) is 0 Å². The van der Waals surface area contributed by atoms with Gasteiger partial charge in [0.05, 0.1) is 6.61 Å². The van der Waals surface area contributed by atoms with Gasteiger partial charge >= 0.3 is 0 Å². The Morgan fingerprint density at radius 3 is 2.83 bits per heavy atom. The molecule has 1 atom stereocenters. The highest BCUT2D eigenvalue weighted by Gasteiger charge is 2.23. The van der Waals surface area contributed by atoms with Gasteiger partial charge in [0.15, 0.2) is 0 Å². The normalized spacial score (nSPS) is 24.8. The summed E-state index contributed by atoms with van der Waals surface area (Å²) in [5.74, 6) is 0.716. The molecule has 0 bridgehead atoms. The van der Waals surface area contributed by atoms with Gasteiger partial charge in [0, 0.05) is 24.1 Å². The molecule has 1 aliphatic rings. The highest BCUT2D eigenvalue weighted by atomic mass is 35.5. The number of hydrogen-bond donors (Lipinski definition) is 1. The predicted molar refractivity (Wildman–Crippen MR) is 51.8 cm³/mol. The summed E-state index contributed by atoms with van der Waals surface area (Å²) in [5, 5.41) is 3.55. The van der Waals surface area contributed by atoms with E-state index in [-0.39, 0.29) is 5.54 Å². The standard InChI is InChI=1S/C9H18ClNO/c1-9(2,4-5-10)11-8-3-6-12-7-8/h8,11H,3-7H2,1-2H3. The van der Waals surface area contributed by atoms with E-state index >= 15 is 0 Å². The number of hydrogen-bond acceptors (Lipinski definition) is 2. The van der Waals surface area contributed by atoms with E-state index in [1.807, 2.05) is 0 Å². The predicted octanol–water partition coefficient (Wildman–Crippen LogP) is 1.77. The maximum Gasteiger partial charge on any atom is 0.0620 e. The van der Waals surface area contributed by atoms with Gasteiger partial charge in [-0.05, 0) is 26.7 Å². The number of alkyl halides is 1. The Balaban J connectivity index is 2.27. The van der Waals surface area contributed by atoms with Crippen LogP contribution in [-0.2, 0) is 4.74 Å². The molecule has 72 valence electrons. The molecule has 0 aromatic heterocycles. The summed E-state index contributed by atoms with van der Waals surface area (Å²) >= 11 is 5.70. The quantitative estimate of drug-likeness (QED) is 0.684. The van der Waals surface area contributed by atoms with Crippen molar-refractivity contribution in [2.75, 3.05) is 19.1 Å². The molecular weight excluding hydrogens is 174 g/mol. The monoisotopic (exact) mass is 191 g/mol. The van der Waals surface area contributed by atoms with Crippen molar-refractivity contribution in [3.05, 3.63) is 0 Å². The molecule has 1 heterocycles. The second-order valence-corrected chi connectivity index (χ2v) is 4.41. The van der Waals surface area contributed by atoms with Crippen LogP contribution in [0.4, 0.5) is 0 Å². The first kappa shape index (κ1) is 10.3. The molecule has 0 radical (unpaired) electrons. The van der Waals surface area contributed by atoms with Crippen molar-refractivity contribution >= 4 is 11.6 Å². The Labute approximate surface area is 79.6 Å². The van der Waals surface area contributed by atoms with Crippen molar-refractivity contribution in [1.82, 2.24) is 5.32 Å². The molecule has 0 aliphatic carbocycles. The molecule has 1 aliphatic heterocycles. The summed E-state index contributed by atoms with van der Waals surface area (Å²) in [5.41, 5.74) is 0.153. The highest BCUT2D eigenvalue weighted by molar-refractivity contribution is 6.17. The zero-order valence-electron chi connectivity index (χ0n) is 7.90. The van der Waals surface area contributed by atoms with Crippen LogP contribution in [0.1, 0.15) is 26.7 Å². The Hall–Kier alpha value is 0.210. The first-order chi connectivity index (χ1) is 5.64. The minimum atomic E-state index is 0.153. The Morgan fingerprint density at radius 1 is 1.58 bits per heavy atom. The van der Waals surface area contributed by atoms with Gasteiger partial charge in [0.1, 0.15) is 0 Å². The third-order valence-electron chi connectivity index (χ3n) is 2.24. The van der Waals surface area contributed by atoms with Gasteiger partial charge in [-0.2, -0.15) is 0 Å². The third kappa shape index (κ3) is 3.30. The van der Waals surface area contributed by atoms with Gasteiger partial charge in [0.2, 0.25) is 0 Å². The lowest BCUT2D eigenvalue weighted by Gasteiger charge is -2.28. The van der Waals surface area contributed by atoms with Crippen molar-refractivity contribution in [3.8, 4) is 0 Å². The van der Waals surface area contributed by atoms with E-state index in [9.17, 15) is 0 Å². The van der Waals surface area contributed by atoms with Crippen LogP contribution in [-0.4, -0.2) is 30.7 Å². The van der Waals surface area contributed by atoms with Crippen LogP contribution in [0.25, 0.3) is 0 Å².